The van der Waals surface area contributed by atoms with E-state index in [-0.39, 0.29) is 17.4 Å². The van der Waals surface area contributed by atoms with Crippen LogP contribution in [0.2, 0.25) is 0 Å². The minimum absolute atomic E-state index is 0.00898. The molecule has 0 amide bonds. The quantitative estimate of drug-likeness (QED) is 0.502. The molecule has 0 aliphatic heterocycles. The Morgan fingerprint density at radius 3 is 2.71 bits per heavy atom. The molecule has 17 heavy (non-hydrogen) atoms. The van der Waals surface area contributed by atoms with Crippen molar-refractivity contribution >= 4 is 22.4 Å². The second kappa shape index (κ2) is 4.01. The second-order valence-corrected chi connectivity index (χ2v) is 4.18. The molecule has 1 N–H and O–H groups in total. The number of rotatable bonds is 3. The number of nitrogens with one attached hydrogen (secondary N) is 1. The summed E-state index contributed by atoms with van der Waals surface area (Å²) in [5.41, 5.74) is 0.908. The summed E-state index contributed by atoms with van der Waals surface area (Å²) >= 11 is 0. The van der Waals surface area contributed by atoms with Crippen LogP contribution in [0.3, 0.4) is 0 Å². The number of non-ortho nitro benzene ring substituents is 1. The third-order valence-electron chi connectivity index (χ3n) is 2.68. The predicted octanol–water partition coefficient (Wildman–Crippen LogP) is 2.91. The Balaban J connectivity index is 2.67. The van der Waals surface area contributed by atoms with E-state index < -0.39 is 4.92 Å². The Hall–Kier alpha value is -2.17. The van der Waals surface area contributed by atoms with Gasteiger partial charge in [-0.15, -0.1) is 0 Å². The second-order valence-electron chi connectivity index (χ2n) is 4.18. The van der Waals surface area contributed by atoms with Gasteiger partial charge in [0.25, 0.3) is 5.69 Å². The number of nitro groups is 1. The molecular formula is C12H12N2O3. The molecule has 1 aromatic heterocycles. The van der Waals surface area contributed by atoms with E-state index in [2.05, 4.69) is 4.98 Å². The standard InChI is InChI=1S/C12H12N2O3/c1-7(2)12(15)9-6-13-11-8(9)4-3-5-10(11)14(16)17/h3-7,13H,1-2H3. The van der Waals surface area contributed by atoms with Crippen LogP contribution in [0.15, 0.2) is 24.4 Å². The van der Waals surface area contributed by atoms with E-state index in [1.165, 1.54) is 6.07 Å². The maximum absolute atomic E-state index is 11.9. The van der Waals surface area contributed by atoms with Crippen molar-refractivity contribution in [1.82, 2.24) is 4.98 Å². The number of carbonyl (C=O) groups is 1. The highest BCUT2D eigenvalue weighted by Crippen LogP contribution is 2.28. The number of aromatic amines is 1. The van der Waals surface area contributed by atoms with Gasteiger partial charge in [-0.25, -0.2) is 0 Å². The lowest BCUT2D eigenvalue weighted by Crippen LogP contribution is -2.06. The molecule has 1 aromatic carbocycles. The molecule has 0 unspecified atom stereocenters. The Morgan fingerprint density at radius 2 is 2.12 bits per heavy atom. The predicted molar refractivity (Wildman–Crippen MR) is 64.1 cm³/mol. The molecule has 0 aliphatic rings. The number of Topliss-reactive ketones (excluding diaryl/α,β-unsaturated/α-hetero) is 1. The van der Waals surface area contributed by atoms with Gasteiger partial charge in [0.05, 0.1) is 4.92 Å². The van der Waals surface area contributed by atoms with Gasteiger partial charge in [0.1, 0.15) is 5.52 Å². The molecule has 0 aliphatic carbocycles. The number of para-hydroxylation sites is 1. The van der Waals surface area contributed by atoms with E-state index in [0.29, 0.717) is 16.5 Å². The number of benzene rings is 1. The van der Waals surface area contributed by atoms with Gasteiger partial charge in [0, 0.05) is 29.1 Å². The molecule has 0 fully saturated rings. The first-order valence-electron chi connectivity index (χ1n) is 5.31. The zero-order valence-electron chi connectivity index (χ0n) is 9.56. The van der Waals surface area contributed by atoms with E-state index in [4.69, 9.17) is 0 Å². The first kappa shape index (κ1) is 11.3. The Bertz CT molecular complexity index is 599. The van der Waals surface area contributed by atoms with Crippen LogP contribution in [0.1, 0.15) is 24.2 Å². The van der Waals surface area contributed by atoms with Gasteiger partial charge >= 0.3 is 0 Å². The number of nitro benzene ring substituents is 1. The van der Waals surface area contributed by atoms with Gasteiger partial charge in [0.2, 0.25) is 0 Å². The van der Waals surface area contributed by atoms with Gasteiger partial charge in [-0.2, -0.15) is 0 Å². The van der Waals surface area contributed by atoms with Crippen LogP contribution in [-0.2, 0) is 0 Å². The van der Waals surface area contributed by atoms with Crippen LogP contribution in [0.5, 0.6) is 0 Å². The lowest BCUT2D eigenvalue weighted by Gasteiger charge is -2.01. The van der Waals surface area contributed by atoms with Crippen molar-refractivity contribution in [3.8, 4) is 0 Å². The van der Waals surface area contributed by atoms with Gasteiger partial charge < -0.3 is 4.98 Å². The fourth-order valence-electron chi connectivity index (χ4n) is 1.81. The Kier molecular flexibility index (Phi) is 2.67. The number of H-pyrrole nitrogens is 1. The fraction of sp³-hybridized carbons (Fsp3) is 0.250. The molecule has 0 bridgehead atoms. The van der Waals surface area contributed by atoms with E-state index in [1.807, 2.05) is 0 Å². The summed E-state index contributed by atoms with van der Waals surface area (Å²) < 4.78 is 0. The van der Waals surface area contributed by atoms with Crippen LogP contribution in [0.4, 0.5) is 5.69 Å². The van der Waals surface area contributed by atoms with Crippen molar-refractivity contribution in [2.75, 3.05) is 0 Å². The maximum atomic E-state index is 11.9. The summed E-state index contributed by atoms with van der Waals surface area (Å²) in [5.74, 6) is -0.148. The summed E-state index contributed by atoms with van der Waals surface area (Å²) in [4.78, 5) is 25.1. The molecule has 0 saturated carbocycles. The highest BCUT2D eigenvalue weighted by molar-refractivity contribution is 6.10. The number of hydrogen-bond acceptors (Lipinski definition) is 3. The summed E-state index contributed by atoms with van der Waals surface area (Å²) in [6.07, 6.45) is 1.54. The maximum Gasteiger partial charge on any atom is 0.293 e. The van der Waals surface area contributed by atoms with Crippen molar-refractivity contribution in [3.63, 3.8) is 0 Å². The molecule has 5 heteroatoms. The van der Waals surface area contributed by atoms with Crippen molar-refractivity contribution in [2.45, 2.75) is 13.8 Å². The Morgan fingerprint density at radius 1 is 1.41 bits per heavy atom. The lowest BCUT2D eigenvalue weighted by atomic mass is 10.0. The van der Waals surface area contributed by atoms with Crippen LogP contribution < -0.4 is 0 Å². The largest absolute Gasteiger partial charge is 0.355 e. The zero-order valence-corrected chi connectivity index (χ0v) is 9.56. The Labute approximate surface area is 97.6 Å². The lowest BCUT2D eigenvalue weighted by molar-refractivity contribution is -0.383. The minimum atomic E-state index is -0.456. The number of hydrogen-bond donors (Lipinski definition) is 1. The molecule has 2 aromatic rings. The number of nitrogens with zero attached hydrogens (tertiary/aromatic N) is 1. The van der Waals surface area contributed by atoms with Gasteiger partial charge in [-0.1, -0.05) is 26.0 Å². The van der Waals surface area contributed by atoms with Crippen LogP contribution in [0, 0.1) is 16.0 Å². The molecule has 5 nitrogen and oxygen atoms in total. The first-order valence-corrected chi connectivity index (χ1v) is 5.31. The van der Waals surface area contributed by atoms with Gasteiger partial charge in [-0.3, -0.25) is 14.9 Å². The first-order chi connectivity index (χ1) is 8.02. The van der Waals surface area contributed by atoms with E-state index in [0.717, 1.165) is 0 Å². The molecular weight excluding hydrogens is 220 g/mol. The summed E-state index contributed by atoms with van der Waals surface area (Å²) in [5, 5.41) is 11.4. The van der Waals surface area contributed by atoms with Crippen molar-refractivity contribution in [1.29, 1.82) is 0 Å². The minimum Gasteiger partial charge on any atom is -0.355 e. The average Bonchev–Trinajstić information content (AvgIpc) is 2.70. The number of carbonyl (C=O) groups excluding carboxylic acids is 1. The highest BCUT2D eigenvalue weighted by atomic mass is 16.6. The van der Waals surface area contributed by atoms with Gasteiger partial charge in [-0.05, 0) is 0 Å². The van der Waals surface area contributed by atoms with E-state index in [1.54, 1.807) is 32.2 Å². The van der Waals surface area contributed by atoms with Crippen molar-refractivity contribution < 1.29 is 9.72 Å². The van der Waals surface area contributed by atoms with Crippen LogP contribution in [0.25, 0.3) is 10.9 Å². The van der Waals surface area contributed by atoms with Crippen LogP contribution >= 0.6 is 0 Å². The zero-order chi connectivity index (χ0) is 12.6. The topological polar surface area (TPSA) is 76.0 Å². The van der Waals surface area contributed by atoms with E-state index in [9.17, 15) is 14.9 Å². The monoisotopic (exact) mass is 232 g/mol. The SMILES string of the molecule is CC(C)C(=O)c1c[nH]c2c([N+](=O)[O-])cccc12. The summed E-state index contributed by atoms with van der Waals surface area (Å²) in [6, 6.07) is 4.72. The van der Waals surface area contributed by atoms with Crippen LogP contribution in [-0.4, -0.2) is 15.7 Å². The van der Waals surface area contributed by atoms with E-state index >= 15 is 0 Å². The van der Waals surface area contributed by atoms with Crippen molar-refractivity contribution in [3.05, 3.63) is 40.1 Å². The highest BCUT2D eigenvalue weighted by Gasteiger charge is 2.19. The molecule has 0 saturated heterocycles. The third kappa shape index (κ3) is 1.80. The summed E-state index contributed by atoms with van der Waals surface area (Å²) in [6.45, 7) is 3.61. The normalized spacial score (nSPS) is 11.0. The number of fused-ring (bicyclic) bond motifs is 1. The molecule has 0 atom stereocenters. The molecule has 0 spiro atoms. The van der Waals surface area contributed by atoms with Gasteiger partial charge in [0.15, 0.2) is 5.78 Å². The number of ketones is 1. The van der Waals surface area contributed by atoms with Crippen molar-refractivity contribution in [2.24, 2.45) is 5.92 Å². The smallest absolute Gasteiger partial charge is 0.293 e. The molecule has 1 heterocycles. The summed E-state index contributed by atoms with van der Waals surface area (Å²) in [7, 11) is 0. The molecule has 2 rings (SSSR count). The molecule has 88 valence electrons. The molecule has 0 radical (unpaired) electrons. The fourth-order valence-corrected chi connectivity index (χ4v) is 1.81. The number of aromatic nitrogens is 1. The third-order valence-corrected chi connectivity index (χ3v) is 2.68. The average molecular weight is 232 g/mol.